The Labute approximate surface area is 110 Å². The monoisotopic (exact) mass is 265 g/mol. The molecule has 2 atom stereocenters. The Morgan fingerprint density at radius 2 is 2.21 bits per heavy atom. The van der Waals surface area contributed by atoms with E-state index >= 15 is 0 Å². The Morgan fingerprint density at radius 3 is 2.84 bits per heavy atom. The van der Waals surface area contributed by atoms with Crippen LogP contribution in [0.5, 0.6) is 5.75 Å². The van der Waals surface area contributed by atoms with E-state index in [1.54, 1.807) is 18.2 Å². The summed E-state index contributed by atoms with van der Waals surface area (Å²) in [6.07, 6.45) is -0.575. The maximum Gasteiger partial charge on any atom is 0.337 e. The molecule has 2 N–H and O–H groups in total. The molecule has 19 heavy (non-hydrogen) atoms. The molecule has 6 nitrogen and oxygen atoms in total. The topological polar surface area (TPSA) is 84.9 Å². The predicted molar refractivity (Wildman–Crippen MR) is 67.5 cm³/mol. The van der Waals surface area contributed by atoms with Crippen LogP contribution in [-0.4, -0.2) is 36.3 Å². The lowest BCUT2D eigenvalue weighted by molar-refractivity contribution is -0.139. The number of ether oxygens (including phenoxy) is 2. The average Bonchev–Trinajstić information content (AvgIpc) is 2.37. The highest BCUT2D eigenvalue weighted by Gasteiger charge is 2.28. The predicted octanol–water partition coefficient (Wildman–Crippen LogP) is 1.51. The van der Waals surface area contributed by atoms with Crippen LogP contribution in [0.25, 0.3) is 0 Å². The molecule has 2 rings (SSSR count). The SMILES string of the molecule is COC(=O)c1ccc2c(c1)OC(CC(=O)O)C(C)N2. The first-order valence-corrected chi connectivity index (χ1v) is 5.88. The Balaban J connectivity index is 2.25. The summed E-state index contributed by atoms with van der Waals surface area (Å²) in [7, 11) is 1.30. The van der Waals surface area contributed by atoms with Gasteiger partial charge in [0.1, 0.15) is 11.9 Å². The van der Waals surface area contributed by atoms with E-state index in [1.807, 2.05) is 6.92 Å². The molecule has 6 heteroatoms. The van der Waals surface area contributed by atoms with Gasteiger partial charge in [0.05, 0.1) is 30.8 Å². The second-order valence-electron chi connectivity index (χ2n) is 4.39. The van der Waals surface area contributed by atoms with Crippen LogP contribution in [-0.2, 0) is 9.53 Å². The smallest absolute Gasteiger partial charge is 0.337 e. The van der Waals surface area contributed by atoms with Crippen LogP contribution in [0.2, 0.25) is 0 Å². The fourth-order valence-electron chi connectivity index (χ4n) is 1.98. The molecular weight excluding hydrogens is 250 g/mol. The van der Waals surface area contributed by atoms with Crippen molar-refractivity contribution in [2.45, 2.75) is 25.5 Å². The van der Waals surface area contributed by atoms with Crippen molar-refractivity contribution in [3.8, 4) is 5.75 Å². The van der Waals surface area contributed by atoms with Gasteiger partial charge in [0.15, 0.2) is 0 Å². The highest BCUT2D eigenvalue weighted by molar-refractivity contribution is 5.90. The van der Waals surface area contributed by atoms with Crippen LogP contribution in [0.15, 0.2) is 18.2 Å². The van der Waals surface area contributed by atoms with Crippen LogP contribution in [0.3, 0.4) is 0 Å². The Bertz CT molecular complexity index is 514. The summed E-state index contributed by atoms with van der Waals surface area (Å²) in [6, 6.07) is 4.78. The number of hydrogen-bond donors (Lipinski definition) is 2. The average molecular weight is 265 g/mol. The molecule has 0 spiro atoms. The number of esters is 1. The van der Waals surface area contributed by atoms with Crippen LogP contribution in [0, 0.1) is 0 Å². The number of rotatable bonds is 3. The third-order valence-corrected chi connectivity index (χ3v) is 3.00. The third kappa shape index (κ3) is 2.78. The van der Waals surface area contributed by atoms with Crippen LogP contribution in [0.1, 0.15) is 23.7 Å². The number of fused-ring (bicyclic) bond motifs is 1. The largest absolute Gasteiger partial charge is 0.485 e. The highest BCUT2D eigenvalue weighted by Crippen LogP contribution is 2.33. The van der Waals surface area contributed by atoms with Gasteiger partial charge in [-0.25, -0.2) is 4.79 Å². The Kier molecular flexibility index (Phi) is 3.59. The van der Waals surface area contributed by atoms with E-state index < -0.39 is 18.0 Å². The first-order chi connectivity index (χ1) is 9.01. The summed E-state index contributed by atoms with van der Waals surface area (Å²) < 4.78 is 10.3. The summed E-state index contributed by atoms with van der Waals surface area (Å²) in [4.78, 5) is 22.2. The van der Waals surface area contributed by atoms with Gasteiger partial charge in [0.25, 0.3) is 0 Å². The van der Waals surface area contributed by atoms with Gasteiger partial charge < -0.3 is 19.9 Å². The molecule has 0 radical (unpaired) electrons. The molecule has 1 aliphatic heterocycles. The molecule has 0 saturated heterocycles. The molecule has 0 amide bonds. The van der Waals surface area contributed by atoms with Crippen molar-refractivity contribution in [3.63, 3.8) is 0 Å². The van der Waals surface area contributed by atoms with Gasteiger partial charge in [0.2, 0.25) is 0 Å². The van der Waals surface area contributed by atoms with Crippen molar-refractivity contribution in [2.24, 2.45) is 0 Å². The number of anilines is 1. The molecule has 1 aromatic carbocycles. The fraction of sp³-hybridized carbons (Fsp3) is 0.385. The number of methoxy groups -OCH3 is 1. The summed E-state index contributed by atoms with van der Waals surface area (Å²) in [5.74, 6) is -0.918. The van der Waals surface area contributed by atoms with Crippen molar-refractivity contribution in [2.75, 3.05) is 12.4 Å². The zero-order valence-corrected chi connectivity index (χ0v) is 10.7. The zero-order valence-electron chi connectivity index (χ0n) is 10.7. The highest BCUT2D eigenvalue weighted by atomic mass is 16.5. The number of aliphatic carboxylic acids is 1. The first-order valence-electron chi connectivity index (χ1n) is 5.88. The van der Waals surface area contributed by atoms with Crippen molar-refractivity contribution in [1.29, 1.82) is 0 Å². The van der Waals surface area contributed by atoms with Crippen LogP contribution >= 0.6 is 0 Å². The van der Waals surface area contributed by atoms with Crippen LogP contribution in [0.4, 0.5) is 5.69 Å². The van der Waals surface area contributed by atoms with Gasteiger partial charge in [-0.2, -0.15) is 0 Å². The van der Waals surface area contributed by atoms with Gasteiger partial charge in [-0.1, -0.05) is 0 Å². The third-order valence-electron chi connectivity index (χ3n) is 3.00. The molecular formula is C13H15NO5. The normalized spacial score (nSPS) is 20.7. The summed E-state index contributed by atoms with van der Waals surface area (Å²) >= 11 is 0. The zero-order chi connectivity index (χ0) is 14.0. The lowest BCUT2D eigenvalue weighted by Gasteiger charge is -2.32. The number of hydrogen-bond acceptors (Lipinski definition) is 5. The Morgan fingerprint density at radius 1 is 1.47 bits per heavy atom. The number of benzene rings is 1. The molecule has 1 aliphatic rings. The minimum absolute atomic E-state index is 0.101. The van der Waals surface area contributed by atoms with Gasteiger partial charge in [-0.3, -0.25) is 4.79 Å². The van der Waals surface area contributed by atoms with Crippen molar-refractivity contribution < 1.29 is 24.2 Å². The van der Waals surface area contributed by atoms with E-state index in [0.717, 1.165) is 5.69 Å². The summed E-state index contributed by atoms with van der Waals surface area (Å²) in [5, 5.41) is 12.0. The minimum atomic E-state index is -0.925. The standard InChI is InChI=1S/C13H15NO5/c1-7-10(6-12(15)16)19-11-5-8(13(17)18-2)3-4-9(11)14-7/h3-5,7,10,14H,6H2,1-2H3,(H,15,16). The number of carboxylic acids is 1. The molecule has 2 unspecified atom stereocenters. The fourth-order valence-corrected chi connectivity index (χ4v) is 1.98. The lowest BCUT2D eigenvalue weighted by Crippen LogP contribution is -2.40. The van der Waals surface area contributed by atoms with E-state index in [2.05, 4.69) is 10.1 Å². The minimum Gasteiger partial charge on any atom is -0.485 e. The van der Waals surface area contributed by atoms with Crippen molar-refractivity contribution in [1.82, 2.24) is 0 Å². The van der Waals surface area contributed by atoms with E-state index in [-0.39, 0.29) is 12.5 Å². The van der Waals surface area contributed by atoms with Gasteiger partial charge in [0, 0.05) is 0 Å². The maximum atomic E-state index is 11.4. The number of carbonyl (C=O) groups is 2. The number of nitrogens with one attached hydrogen (secondary N) is 1. The van der Waals surface area contributed by atoms with E-state index in [0.29, 0.717) is 11.3 Å². The molecule has 1 aromatic rings. The number of carboxylic acid groups (broad SMARTS) is 1. The molecule has 102 valence electrons. The molecule has 0 bridgehead atoms. The van der Waals surface area contributed by atoms with Gasteiger partial charge in [-0.15, -0.1) is 0 Å². The molecule has 0 saturated carbocycles. The van der Waals surface area contributed by atoms with Crippen LogP contribution < -0.4 is 10.1 Å². The Hall–Kier alpha value is -2.24. The van der Waals surface area contributed by atoms with Crippen molar-refractivity contribution >= 4 is 17.6 Å². The molecule has 1 heterocycles. The second-order valence-corrected chi connectivity index (χ2v) is 4.39. The summed E-state index contributed by atoms with van der Waals surface area (Å²) in [6.45, 7) is 1.85. The van der Waals surface area contributed by atoms with E-state index in [4.69, 9.17) is 9.84 Å². The van der Waals surface area contributed by atoms with Crippen molar-refractivity contribution in [3.05, 3.63) is 23.8 Å². The molecule has 0 aromatic heterocycles. The first kappa shape index (κ1) is 13.2. The number of carbonyl (C=O) groups excluding carboxylic acids is 1. The second kappa shape index (κ2) is 5.17. The maximum absolute atomic E-state index is 11.4. The quantitative estimate of drug-likeness (QED) is 0.806. The summed E-state index contributed by atoms with van der Waals surface area (Å²) in [5.41, 5.74) is 1.11. The van der Waals surface area contributed by atoms with Gasteiger partial charge >= 0.3 is 11.9 Å². The van der Waals surface area contributed by atoms with E-state index in [1.165, 1.54) is 7.11 Å². The molecule has 0 fully saturated rings. The lowest BCUT2D eigenvalue weighted by atomic mass is 10.1. The van der Waals surface area contributed by atoms with E-state index in [9.17, 15) is 9.59 Å². The molecule has 0 aliphatic carbocycles. The van der Waals surface area contributed by atoms with Gasteiger partial charge in [-0.05, 0) is 25.1 Å².